The number of benzene rings is 2. The Balaban J connectivity index is 1.29. The van der Waals surface area contributed by atoms with Crippen LogP contribution in [-0.2, 0) is 6.54 Å². The normalized spacial score (nSPS) is 22.1. The smallest absolute Gasteiger partial charge is 0.251 e. The summed E-state index contributed by atoms with van der Waals surface area (Å²) in [5.41, 5.74) is 2.98. The van der Waals surface area contributed by atoms with Crippen molar-refractivity contribution in [3.8, 4) is 5.75 Å². The quantitative estimate of drug-likeness (QED) is 0.692. The summed E-state index contributed by atoms with van der Waals surface area (Å²) in [5.74, 6) is 0.873. The maximum Gasteiger partial charge on any atom is 0.251 e. The van der Waals surface area contributed by atoms with Gasteiger partial charge in [0.15, 0.2) is 0 Å². The Morgan fingerprint density at radius 1 is 1.10 bits per heavy atom. The van der Waals surface area contributed by atoms with Crippen LogP contribution in [0.15, 0.2) is 36.4 Å². The number of carbonyl (C=O) groups excluding carboxylic acids is 1. The highest BCUT2D eigenvalue weighted by atomic mass is 35.5. The third kappa shape index (κ3) is 5.72. The first kappa shape index (κ1) is 22.4. The van der Waals surface area contributed by atoms with Gasteiger partial charge in [-0.3, -0.25) is 9.69 Å². The van der Waals surface area contributed by atoms with Gasteiger partial charge in [-0.1, -0.05) is 35.3 Å². The van der Waals surface area contributed by atoms with Gasteiger partial charge in [0, 0.05) is 44.3 Å². The van der Waals surface area contributed by atoms with Crippen LogP contribution in [0, 0.1) is 6.92 Å². The zero-order valence-corrected chi connectivity index (χ0v) is 19.5. The van der Waals surface area contributed by atoms with Crippen LogP contribution in [-0.4, -0.2) is 61.1 Å². The molecular formula is C24H29Cl2N3O2. The second kappa shape index (κ2) is 9.78. The Labute approximate surface area is 194 Å². The number of rotatable bonds is 6. The number of likely N-dealkylation sites (N-methyl/N-ethyl adjacent to an activating group) is 1. The number of ether oxygens (including phenoxy) is 1. The lowest BCUT2D eigenvalue weighted by Gasteiger charge is -2.19. The summed E-state index contributed by atoms with van der Waals surface area (Å²) in [5, 5.41) is 3.96. The van der Waals surface area contributed by atoms with E-state index in [1.54, 1.807) is 18.2 Å². The number of carbonyl (C=O) groups is 1. The second-order valence-electron chi connectivity index (χ2n) is 8.71. The molecular weight excluding hydrogens is 433 g/mol. The topological polar surface area (TPSA) is 44.8 Å². The van der Waals surface area contributed by atoms with Crippen molar-refractivity contribution in [1.82, 2.24) is 15.1 Å². The molecule has 0 radical (unpaired) electrons. The average Bonchev–Trinajstić information content (AvgIpc) is 3.34. The number of nitrogens with one attached hydrogen (secondary N) is 1. The van der Waals surface area contributed by atoms with Crippen molar-refractivity contribution in [2.75, 3.05) is 33.2 Å². The highest BCUT2D eigenvalue weighted by Crippen LogP contribution is 2.25. The van der Waals surface area contributed by atoms with Gasteiger partial charge in [-0.15, -0.1) is 0 Å². The van der Waals surface area contributed by atoms with E-state index in [1.807, 2.05) is 0 Å². The highest BCUT2D eigenvalue weighted by Gasteiger charge is 2.25. The van der Waals surface area contributed by atoms with Crippen molar-refractivity contribution < 1.29 is 9.53 Å². The van der Waals surface area contributed by atoms with E-state index in [0.717, 1.165) is 51.3 Å². The van der Waals surface area contributed by atoms with E-state index in [1.165, 1.54) is 11.1 Å². The van der Waals surface area contributed by atoms with Crippen molar-refractivity contribution >= 4 is 29.1 Å². The summed E-state index contributed by atoms with van der Waals surface area (Å²) in [4.78, 5) is 17.2. The van der Waals surface area contributed by atoms with Gasteiger partial charge in [0.2, 0.25) is 0 Å². The molecule has 1 amide bonds. The number of hydrogen-bond donors (Lipinski definition) is 1. The average molecular weight is 462 g/mol. The molecule has 1 N–H and O–H groups in total. The van der Waals surface area contributed by atoms with Crippen LogP contribution in [0.4, 0.5) is 0 Å². The van der Waals surface area contributed by atoms with E-state index in [0.29, 0.717) is 15.6 Å². The predicted molar refractivity (Wildman–Crippen MR) is 125 cm³/mol. The summed E-state index contributed by atoms with van der Waals surface area (Å²) in [7, 11) is 2.13. The van der Waals surface area contributed by atoms with E-state index in [4.69, 9.17) is 27.9 Å². The largest absolute Gasteiger partial charge is 0.489 e. The molecule has 0 bridgehead atoms. The summed E-state index contributed by atoms with van der Waals surface area (Å²) in [6.07, 6.45) is 2.30. The van der Waals surface area contributed by atoms with Gasteiger partial charge in [0.1, 0.15) is 11.9 Å². The minimum Gasteiger partial charge on any atom is -0.489 e. The van der Waals surface area contributed by atoms with Gasteiger partial charge < -0.3 is 15.0 Å². The van der Waals surface area contributed by atoms with Crippen LogP contribution >= 0.6 is 23.2 Å². The molecule has 7 heteroatoms. The van der Waals surface area contributed by atoms with Crippen LogP contribution in [0.1, 0.15) is 34.3 Å². The lowest BCUT2D eigenvalue weighted by atomic mass is 10.1. The highest BCUT2D eigenvalue weighted by molar-refractivity contribution is 6.42. The number of likely N-dealkylation sites (tertiary alicyclic amines) is 2. The molecule has 2 aromatic rings. The predicted octanol–water partition coefficient (Wildman–Crippen LogP) is 4.39. The van der Waals surface area contributed by atoms with E-state index in [-0.39, 0.29) is 18.1 Å². The van der Waals surface area contributed by atoms with Crippen LogP contribution in [0.5, 0.6) is 5.75 Å². The fraction of sp³-hybridized carbons (Fsp3) is 0.458. The van der Waals surface area contributed by atoms with Gasteiger partial charge >= 0.3 is 0 Å². The number of nitrogens with zero attached hydrogens (tertiary/aromatic N) is 2. The van der Waals surface area contributed by atoms with Crippen molar-refractivity contribution in [2.24, 2.45) is 0 Å². The van der Waals surface area contributed by atoms with Gasteiger partial charge in [-0.25, -0.2) is 0 Å². The maximum absolute atomic E-state index is 12.5. The number of hydrogen-bond acceptors (Lipinski definition) is 4. The summed E-state index contributed by atoms with van der Waals surface area (Å²) < 4.78 is 6.20. The molecule has 4 rings (SSSR count). The minimum atomic E-state index is -0.111. The van der Waals surface area contributed by atoms with E-state index in [9.17, 15) is 4.79 Å². The van der Waals surface area contributed by atoms with Crippen LogP contribution in [0.25, 0.3) is 0 Å². The first-order chi connectivity index (χ1) is 14.9. The Hall–Kier alpha value is -1.79. The molecule has 0 saturated carbocycles. The standard InChI is InChI=1S/C24H29Cl2N3O2/c1-16-11-17(3-6-23(16)31-20-8-9-28(2)15-20)13-29-10-7-19(14-29)27-24(30)18-4-5-21(25)22(26)12-18/h3-6,11-12,19-20H,7-10,13-15H2,1-2H3,(H,27,30)/t19-,20?/m0/s1. The third-order valence-electron chi connectivity index (χ3n) is 6.08. The molecule has 5 nitrogen and oxygen atoms in total. The molecule has 0 spiro atoms. The molecule has 2 aliphatic rings. The van der Waals surface area contributed by atoms with E-state index in [2.05, 4.69) is 47.3 Å². The number of aryl methyl sites for hydroxylation is 1. The van der Waals surface area contributed by atoms with Crippen LogP contribution < -0.4 is 10.1 Å². The first-order valence-corrected chi connectivity index (χ1v) is 11.6. The molecule has 166 valence electrons. The molecule has 2 aliphatic heterocycles. The maximum atomic E-state index is 12.5. The molecule has 2 saturated heterocycles. The second-order valence-corrected chi connectivity index (χ2v) is 9.53. The number of amides is 1. The van der Waals surface area contributed by atoms with Crippen LogP contribution in [0.3, 0.4) is 0 Å². The van der Waals surface area contributed by atoms with Gasteiger partial charge in [-0.05, 0) is 62.2 Å². The zero-order valence-electron chi connectivity index (χ0n) is 18.0. The van der Waals surface area contributed by atoms with Crippen LogP contribution in [0.2, 0.25) is 10.0 Å². The summed E-state index contributed by atoms with van der Waals surface area (Å²) >= 11 is 12.0. The monoisotopic (exact) mass is 461 g/mol. The minimum absolute atomic E-state index is 0.111. The fourth-order valence-corrected chi connectivity index (χ4v) is 4.67. The zero-order chi connectivity index (χ0) is 22.0. The summed E-state index contributed by atoms with van der Waals surface area (Å²) in [6.45, 7) is 6.86. The fourth-order valence-electron chi connectivity index (χ4n) is 4.37. The third-order valence-corrected chi connectivity index (χ3v) is 6.82. The molecule has 2 fully saturated rings. The molecule has 2 heterocycles. The Kier molecular flexibility index (Phi) is 7.07. The van der Waals surface area contributed by atoms with Crippen molar-refractivity contribution in [3.05, 3.63) is 63.1 Å². The van der Waals surface area contributed by atoms with Gasteiger partial charge in [0.05, 0.1) is 10.0 Å². The first-order valence-electron chi connectivity index (χ1n) is 10.8. The van der Waals surface area contributed by atoms with Crippen molar-refractivity contribution in [2.45, 2.75) is 38.5 Å². The lowest BCUT2D eigenvalue weighted by molar-refractivity contribution is 0.0937. The van der Waals surface area contributed by atoms with Gasteiger partial charge in [0.25, 0.3) is 5.91 Å². The SMILES string of the molecule is Cc1cc(CN2CC[C@H](NC(=O)c3ccc(Cl)c(Cl)c3)C2)ccc1OC1CCN(C)C1. The van der Waals surface area contributed by atoms with Gasteiger partial charge in [-0.2, -0.15) is 0 Å². The summed E-state index contributed by atoms with van der Waals surface area (Å²) in [6, 6.07) is 11.6. The molecule has 0 aromatic heterocycles. The Bertz CT molecular complexity index is 952. The number of halogens is 2. The molecule has 2 aromatic carbocycles. The molecule has 1 unspecified atom stereocenters. The Morgan fingerprint density at radius 2 is 1.94 bits per heavy atom. The van der Waals surface area contributed by atoms with Crippen molar-refractivity contribution in [1.29, 1.82) is 0 Å². The Morgan fingerprint density at radius 3 is 2.65 bits per heavy atom. The lowest BCUT2D eigenvalue weighted by Crippen LogP contribution is -2.37. The van der Waals surface area contributed by atoms with E-state index < -0.39 is 0 Å². The molecule has 2 atom stereocenters. The van der Waals surface area contributed by atoms with Crippen molar-refractivity contribution in [3.63, 3.8) is 0 Å². The molecule has 31 heavy (non-hydrogen) atoms. The van der Waals surface area contributed by atoms with E-state index >= 15 is 0 Å². The molecule has 0 aliphatic carbocycles.